The number of carbonyl (C=O) groups excluding carboxylic acids is 2. The number of nitrogens with two attached hydrogens (primary N) is 1. The van der Waals surface area contributed by atoms with Crippen LogP contribution in [0.2, 0.25) is 0 Å². The van der Waals surface area contributed by atoms with Crippen LogP contribution in [0.3, 0.4) is 0 Å². The molecule has 0 heterocycles. The minimum absolute atomic E-state index is 0.265. The van der Waals surface area contributed by atoms with Gasteiger partial charge in [0.25, 0.3) is 11.8 Å². The van der Waals surface area contributed by atoms with Crippen LogP contribution in [0.5, 0.6) is 0 Å². The molecule has 2 aromatic carbocycles. The number of primary amides is 1. The van der Waals surface area contributed by atoms with Gasteiger partial charge in [0, 0.05) is 15.7 Å². The minimum Gasteiger partial charge on any atom is -0.366 e. The molecule has 21 heavy (non-hydrogen) atoms. The molecule has 0 saturated heterocycles. The van der Waals surface area contributed by atoms with Crippen molar-refractivity contribution in [1.82, 2.24) is 0 Å². The van der Waals surface area contributed by atoms with E-state index in [9.17, 15) is 14.0 Å². The van der Waals surface area contributed by atoms with E-state index in [1.54, 1.807) is 19.1 Å². The third-order valence-electron chi connectivity index (χ3n) is 2.93. The average molecular weight is 351 g/mol. The van der Waals surface area contributed by atoms with Gasteiger partial charge in [-0.2, -0.15) is 0 Å². The zero-order chi connectivity index (χ0) is 15.6. The summed E-state index contributed by atoms with van der Waals surface area (Å²) in [7, 11) is 0. The van der Waals surface area contributed by atoms with Crippen LogP contribution >= 0.6 is 15.9 Å². The smallest absolute Gasteiger partial charge is 0.255 e. The number of carbonyl (C=O) groups is 2. The maximum Gasteiger partial charge on any atom is 0.255 e. The Morgan fingerprint density at radius 1 is 1.14 bits per heavy atom. The van der Waals surface area contributed by atoms with Crippen molar-refractivity contribution in [2.24, 2.45) is 5.73 Å². The summed E-state index contributed by atoms with van der Waals surface area (Å²) in [6.07, 6.45) is 0. The van der Waals surface area contributed by atoms with Gasteiger partial charge in [-0.05, 0) is 42.8 Å². The van der Waals surface area contributed by atoms with Crippen molar-refractivity contribution in [2.75, 3.05) is 5.32 Å². The topological polar surface area (TPSA) is 72.2 Å². The van der Waals surface area contributed by atoms with E-state index in [-0.39, 0.29) is 11.5 Å². The fourth-order valence-corrected chi connectivity index (χ4v) is 2.19. The molecule has 0 spiro atoms. The number of rotatable bonds is 3. The highest BCUT2D eigenvalue weighted by atomic mass is 79.9. The molecule has 0 bridgehead atoms. The summed E-state index contributed by atoms with van der Waals surface area (Å²) < 4.78 is 14.2. The van der Waals surface area contributed by atoms with E-state index in [1.165, 1.54) is 12.1 Å². The van der Waals surface area contributed by atoms with Crippen molar-refractivity contribution in [1.29, 1.82) is 0 Å². The largest absolute Gasteiger partial charge is 0.366 e. The highest BCUT2D eigenvalue weighted by Crippen LogP contribution is 2.19. The van der Waals surface area contributed by atoms with E-state index in [0.29, 0.717) is 11.3 Å². The van der Waals surface area contributed by atoms with E-state index >= 15 is 0 Å². The highest BCUT2D eigenvalue weighted by molar-refractivity contribution is 9.10. The molecular formula is C15H12BrFN2O2. The van der Waals surface area contributed by atoms with Crippen LogP contribution in [0.1, 0.15) is 26.3 Å². The second-order valence-electron chi connectivity index (χ2n) is 4.47. The molecule has 3 N–H and O–H groups in total. The molecule has 0 aliphatic carbocycles. The molecule has 0 atom stereocenters. The van der Waals surface area contributed by atoms with Crippen molar-refractivity contribution in [3.63, 3.8) is 0 Å². The first-order valence-electron chi connectivity index (χ1n) is 6.05. The lowest BCUT2D eigenvalue weighted by atomic mass is 10.1. The lowest BCUT2D eigenvalue weighted by molar-refractivity contribution is 0.0992. The molecule has 2 amide bonds. The summed E-state index contributed by atoms with van der Waals surface area (Å²) in [5, 5.41) is 2.61. The zero-order valence-corrected chi connectivity index (χ0v) is 12.7. The Balaban J connectivity index is 2.29. The van der Waals surface area contributed by atoms with Gasteiger partial charge in [-0.3, -0.25) is 9.59 Å². The van der Waals surface area contributed by atoms with Crippen LogP contribution in [-0.4, -0.2) is 11.8 Å². The molecule has 0 unspecified atom stereocenters. The molecule has 0 aliphatic rings. The maximum absolute atomic E-state index is 13.4. The van der Waals surface area contributed by atoms with Crippen LogP contribution in [0.15, 0.2) is 40.9 Å². The molecule has 4 nitrogen and oxygen atoms in total. The first-order valence-corrected chi connectivity index (χ1v) is 6.84. The number of hydrogen-bond donors (Lipinski definition) is 2. The van der Waals surface area contributed by atoms with Gasteiger partial charge in [0.05, 0.1) is 5.56 Å². The second-order valence-corrected chi connectivity index (χ2v) is 5.39. The molecular weight excluding hydrogens is 339 g/mol. The summed E-state index contributed by atoms with van der Waals surface area (Å²) in [4.78, 5) is 23.3. The standard InChI is InChI=1S/C15H12BrFN2O2/c1-8-2-3-9(16)6-11(8)15(21)19-10-4-5-13(17)12(7-10)14(18)20/h2-7H,1H3,(H2,18,20)(H,19,21). The van der Waals surface area contributed by atoms with E-state index in [1.807, 2.05) is 6.07 Å². The lowest BCUT2D eigenvalue weighted by Gasteiger charge is -2.09. The van der Waals surface area contributed by atoms with Gasteiger partial charge in [-0.25, -0.2) is 4.39 Å². The monoisotopic (exact) mass is 350 g/mol. The maximum atomic E-state index is 13.4. The number of anilines is 1. The predicted molar refractivity (Wildman–Crippen MR) is 81.8 cm³/mol. The fourth-order valence-electron chi connectivity index (χ4n) is 1.83. The third-order valence-corrected chi connectivity index (χ3v) is 3.43. The van der Waals surface area contributed by atoms with Gasteiger partial charge in [-0.1, -0.05) is 22.0 Å². The molecule has 2 rings (SSSR count). The average Bonchev–Trinajstić information content (AvgIpc) is 2.43. The summed E-state index contributed by atoms with van der Waals surface area (Å²) in [5.41, 5.74) is 6.39. The highest BCUT2D eigenvalue weighted by Gasteiger charge is 2.13. The Labute approximate surface area is 129 Å². The van der Waals surface area contributed by atoms with Crippen LogP contribution in [-0.2, 0) is 0 Å². The number of amides is 2. The SMILES string of the molecule is Cc1ccc(Br)cc1C(=O)Nc1ccc(F)c(C(N)=O)c1. The Bertz CT molecular complexity index is 732. The van der Waals surface area contributed by atoms with Crippen molar-refractivity contribution >= 4 is 33.4 Å². The Morgan fingerprint density at radius 2 is 1.86 bits per heavy atom. The molecule has 0 radical (unpaired) electrons. The normalized spacial score (nSPS) is 10.2. The summed E-state index contributed by atoms with van der Waals surface area (Å²) in [6, 6.07) is 8.98. The van der Waals surface area contributed by atoms with Crippen molar-refractivity contribution in [2.45, 2.75) is 6.92 Å². The first kappa shape index (κ1) is 15.2. The molecule has 108 valence electrons. The van der Waals surface area contributed by atoms with Crippen molar-refractivity contribution in [3.05, 3.63) is 63.4 Å². The minimum atomic E-state index is -0.887. The third kappa shape index (κ3) is 3.46. The van der Waals surface area contributed by atoms with Crippen LogP contribution in [0, 0.1) is 12.7 Å². The van der Waals surface area contributed by atoms with Crippen LogP contribution in [0.4, 0.5) is 10.1 Å². The molecule has 0 aromatic heterocycles. The number of hydrogen-bond acceptors (Lipinski definition) is 2. The van der Waals surface area contributed by atoms with E-state index in [2.05, 4.69) is 21.2 Å². The van der Waals surface area contributed by atoms with E-state index in [4.69, 9.17) is 5.73 Å². The molecule has 2 aromatic rings. The number of nitrogens with one attached hydrogen (secondary N) is 1. The van der Waals surface area contributed by atoms with Gasteiger partial charge in [-0.15, -0.1) is 0 Å². The fraction of sp³-hybridized carbons (Fsp3) is 0.0667. The molecule has 0 saturated carbocycles. The summed E-state index contributed by atoms with van der Waals surface area (Å²) >= 11 is 3.30. The van der Waals surface area contributed by atoms with Crippen LogP contribution < -0.4 is 11.1 Å². The van der Waals surface area contributed by atoms with E-state index in [0.717, 1.165) is 16.1 Å². The zero-order valence-electron chi connectivity index (χ0n) is 11.1. The van der Waals surface area contributed by atoms with E-state index < -0.39 is 11.7 Å². The Morgan fingerprint density at radius 3 is 2.52 bits per heavy atom. The number of benzene rings is 2. The number of aryl methyl sites for hydroxylation is 1. The van der Waals surface area contributed by atoms with Gasteiger partial charge in [0.15, 0.2) is 0 Å². The molecule has 0 aliphatic heterocycles. The number of halogens is 2. The Kier molecular flexibility index (Phi) is 4.37. The van der Waals surface area contributed by atoms with Gasteiger partial charge < -0.3 is 11.1 Å². The first-order chi connectivity index (χ1) is 9.88. The second kappa shape index (κ2) is 6.05. The van der Waals surface area contributed by atoms with Crippen molar-refractivity contribution < 1.29 is 14.0 Å². The molecule has 0 fully saturated rings. The Hall–Kier alpha value is -2.21. The van der Waals surface area contributed by atoms with Gasteiger partial charge in [0.2, 0.25) is 0 Å². The van der Waals surface area contributed by atoms with Crippen LogP contribution in [0.25, 0.3) is 0 Å². The van der Waals surface area contributed by atoms with Crippen molar-refractivity contribution in [3.8, 4) is 0 Å². The predicted octanol–water partition coefficient (Wildman–Crippen LogP) is 3.25. The quantitative estimate of drug-likeness (QED) is 0.891. The summed E-state index contributed by atoms with van der Waals surface area (Å²) in [5.74, 6) is -1.96. The lowest BCUT2D eigenvalue weighted by Crippen LogP contribution is -2.16. The van der Waals surface area contributed by atoms with Gasteiger partial charge in [0.1, 0.15) is 5.82 Å². The summed E-state index contributed by atoms with van der Waals surface area (Å²) in [6.45, 7) is 1.81. The molecule has 6 heteroatoms. The van der Waals surface area contributed by atoms with Gasteiger partial charge >= 0.3 is 0 Å².